The molecule has 0 aromatic heterocycles. The summed E-state index contributed by atoms with van der Waals surface area (Å²) in [7, 11) is 2.98. The van der Waals surface area contributed by atoms with Crippen molar-refractivity contribution in [3.8, 4) is 17.2 Å². The highest BCUT2D eigenvalue weighted by molar-refractivity contribution is 6.47. The van der Waals surface area contributed by atoms with Gasteiger partial charge >= 0.3 is 0 Å². The molecule has 0 bridgehead atoms. The number of likely N-dealkylation sites (tertiary alicyclic amines) is 1. The number of ketones is 1. The van der Waals surface area contributed by atoms with E-state index in [0.717, 1.165) is 0 Å². The van der Waals surface area contributed by atoms with Crippen molar-refractivity contribution < 1.29 is 33.6 Å². The van der Waals surface area contributed by atoms with Crippen molar-refractivity contribution >= 4 is 29.1 Å². The molecule has 1 atom stereocenters. The zero-order valence-electron chi connectivity index (χ0n) is 17.6. The Morgan fingerprint density at radius 3 is 2.59 bits per heavy atom. The van der Waals surface area contributed by atoms with Crippen LogP contribution in [0.4, 0.5) is 0 Å². The van der Waals surface area contributed by atoms with E-state index < -0.39 is 17.7 Å². The van der Waals surface area contributed by atoms with Gasteiger partial charge in [0.25, 0.3) is 11.7 Å². The van der Waals surface area contributed by atoms with E-state index in [4.69, 9.17) is 30.5 Å². The van der Waals surface area contributed by atoms with Crippen molar-refractivity contribution in [3.63, 3.8) is 0 Å². The van der Waals surface area contributed by atoms with E-state index in [1.165, 1.54) is 25.2 Å². The van der Waals surface area contributed by atoms with Gasteiger partial charge in [-0.3, -0.25) is 9.59 Å². The lowest BCUT2D eigenvalue weighted by Crippen LogP contribution is -2.32. The molecule has 1 saturated heterocycles. The van der Waals surface area contributed by atoms with Gasteiger partial charge in [0.05, 0.1) is 30.4 Å². The number of carbonyl (C=O) groups excluding carboxylic acids is 2. The van der Waals surface area contributed by atoms with Crippen molar-refractivity contribution in [1.82, 2.24) is 4.90 Å². The van der Waals surface area contributed by atoms with E-state index in [9.17, 15) is 14.7 Å². The number of amides is 1. The number of fused-ring (bicyclic) bond motifs is 1. The van der Waals surface area contributed by atoms with Crippen LogP contribution in [0.2, 0.25) is 5.02 Å². The molecule has 1 N–H and O–H groups in total. The predicted octanol–water partition coefficient (Wildman–Crippen LogP) is 3.19. The van der Waals surface area contributed by atoms with E-state index in [1.807, 2.05) is 0 Å². The molecular formula is C23H22ClNO7. The van der Waals surface area contributed by atoms with Crippen LogP contribution < -0.4 is 14.2 Å². The molecular weight excluding hydrogens is 438 g/mol. The van der Waals surface area contributed by atoms with Crippen LogP contribution >= 0.6 is 11.6 Å². The SMILES string of the molecule is COCCN1C(=O)C(=O)/C(=C(/O)c2cc(OC)ccc2Cl)C1c1ccc2c(c1)OCCO2. The summed E-state index contributed by atoms with van der Waals surface area (Å²) in [6.45, 7) is 1.20. The third-order valence-electron chi connectivity index (χ3n) is 5.39. The van der Waals surface area contributed by atoms with Crippen molar-refractivity contribution in [1.29, 1.82) is 0 Å². The molecule has 0 aliphatic carbocycles. The van der Waals surface area contributed by atoms with E-state index in [1.54, 1.807) is 30.3 Å². The molecule has 2 aliphatic rings. The Morgan fingerprint density at radius 1 is 1.12 bits per heavy atom. The molecule has 168 valence electrons. The van der Waals surface area contributed by atoms with Gasteiger partial charge in [-0.15, -0.1) is 0 Å². The monoisotopic (exact) mass is 459 g/mol. The molecule has 1 amide bonds. The minimum atomic E-state index is -0.858. The maximum atomic E-state index is 13.1. The van der Waals surface area contributed by atoms with Crippen molar-refractivity contribution in [2.24, 2.45) is 0 Å². The summed E-state index contributed by atoms with van der Waals surface area (Å²) < 4.78 is 21.6. The molecule has 2 aliphatic heterocycles. The first-order valence-corrected chi connectivity index (χ1v) is 10.3. The number of nitrogens with zero attached hydrogens (tertiary/aromatic N) is 1. The zero-order valence-corrected chi connectivity index (χ0v) is 18.3. The second-order valence-electron chi connectivity index (χ2n) is 7.23. The average Bonchev–Trinajstić information content (AvgIpc) is 3.07. The Kier molecular flexibility index (Phi) is 6.25. The number of aliphatic hydroxyl groups is 1. The van der Waals surface area contributed by atoms with Crippen LogP contribution in [0.3, 0.4) is 0 Å². The fraction of sp³-hybridized carbons (Fsp3) is 0.304. The van der Waals surface area contributed by atoms with Gasteiger partial charge in [-0.25, -0.2) is 0 Å². The summed E-state index contributed by atoms with van der Waals surface area (Å²) in [4.78, 5) is 27.3. The van der Waals surface area contributed by atoms with Crippen LogP contribution in [0.15, 0.2) is 42.0 Å². The molecule has 1 fully saturated rings. The maximum absolute atomic E-state index is 13.1. The lowest BCUT2D eigenvalue weighted by atomic mass is 9.94. The molecule has 2 heterocycles. The Bertz CT molecular complexity index is 1100. The second kappa shape index (κ2) is 9.10. The number of hydrogen-bond acceptors (Lipinski definition) is 7. The lowest BCUT2D eigenvalue weighted by Gasteiger charge is -2.26. The van der Waals surface area contributed by atoms with Crippen LogP contribution in [0.1, 0.15) is 17.2 Å². The Balaban J connectivity index is 1.88. The van der Waals surface area contributed by atoms with Crippen LogP contribution in [-0.2, 0) is 14.3 Å². The second-order valence-corrected chi connectivity index (χ2v) is 7.64. The first kappa shape index (κ1) is 22.0. The minimum Gasteiger partial charge on any atom is -0.507 e. The van der Waals surface area contributed by atoms with Gasteiger partial charge in [0.1, 0.15) is 24.7 Å². The maximum Gasteiger partial charge on any atom is 0.295 e. The third kappa shape index (κ3) is 3.87. The number of ether oxygens (including phenoxy) is 4. The highest BCUT2D eigenvalue weighted by Gasteiger charge is 2.46. The number of Topliss-reactive ketones (excluding diaryl/α,β-unsaturated/α-hetero) is 1. The molecule has 4 rings (SSSR count). The fourth-order valence-electron chi connectivity index (χ4n) is 3.83. The van der Waals surface area contributed by atoms with Gasteiger partial charge < -0.3 is 29.0 Å². The highest BCUT2D eigenvalue weighted by atomic mass is 35.5. The highest BCUT2D eigenvalue weighted by Crippen LogP contribution is 2.43. The number of rotatable bonds is 6. The molecule has 8 nitrogen and oxygen atoms in total. The summed E-state index contributed by atoms with van der Waals surface area (Å²) in [5.41, 5.74) is 0.710. The topological polar surface area (TPSA) is 94.5 Å². The van der Waals surface area contributed by atoms with E-state index in [2.05, 4.69) is 0 Å². The van der Waals surface area contributed by atoms with Gasteiger partial charge in [0.2, 0.25) is 0 Å². The first-order valence-electron chi connectivity index (χ1n) is 9.97. The summed E-state index contributed by atoms with van der Waals surface area (Å²) in [5, 5.41) is 11.4. The number of hydrogen-bond donors (Lipinski definition) is 1. The number of halogens is 1. The summed E-state index contributed by atoms with van der Waals surface area (Å²) >= 11 is 6.30. The molecule has 0 saturated carbocycles. The van der Waals surface area contributed by atoms with Gasteiger partial charge in [-0.2, -0.15) is 0 Å². The zero-order chi connectivity index (χ0) is 22.8. The molecule has 2 aromatic rings. The normalized spacial score (nSPS) is 19.3. The molecule has 9 heteroatoms. The molecule has 2 aromatic carbocycles. The minimum absolute atomic E-state index is 0.0714. The Morgan fingerprint density at radius 2 is 1.88 bits per heavy atom. The first-order chi connectivity index (χ1) is 15.5. The molecule has 0 spiro atoms. The number of carbonyl (C=O) groups is 2. The van der Waals surface area contributed by atoms with Crippen LogP contribution in [0.25, 0.3) is 5.76 Å². The van der Waals surface area contributed by atoms with Crippen LogP contribution in [0.5, 0.6) is 17.2 Å². The van der Waals surface area contributed by atoms with Gasteiger partial charge in [0.15, 0.2) is 11.5 Å². The smallest absolute Gasteiger partial charge is 0.295 e. The van der Waals surface area contributed by atoms with Crippen molar-refractivity contribution in [3.05, 3.63) is 58.1 Å². The van der Waals surface area contributed by atoms with Crippen molar-refractivity contribution in [2.75, 3.05) is 40.6 Å². The summed E-state index contributed by atoms with van der Waals surface area (Å²) in [6, 6.07) is 9.02. The Labute approximate surface area is 189 Å². The van der Waals surface area contributed by atoms with Crippen LogP contribution in [0, 0.1) is 0 Å². The standard InChI is InChI=1S/C23H22ClNO7/c1-29-8-7-25-20(13-3-6-17-18(11-13)32-10-9-31-17)19(22(27)23(25)28)21(26)15-12-14(30-2)4-5-16(15)24/h3-6,11-12,20,26H,7-10H2,1-2H3/b21-19+. The number of benzene rings is 2. The number of methoxy groups -OCH3 is 2. The predicted molar refractivity (Wildman–Crippen MR) is 116 cm³/mol. The van der Waals surface area contributed by atoms with E-state index >= 15 is 0 Å². The van der Waals surface area contributed by atoms with Crippen LogP contribution in [-0.4, -0.2) is 62.3 Å². The van der Waals surface area contributed by atoms with E-state index in [0.29, 0.717) is 36.0 Å². The quantitative estimate of drug-likeness (QED) is 0.402. The Hall–Kier alpha value is -3.23. The largest absolute Gasteiger partial charge is 0.507 e. The van der Waals surface area contributed by atoms with E-state index in [-0.39, 0.29) is 35.1 Å². The summed E-state index contributed by atoms with van der Waals surface area (Å²) in [5.74, 6) is -0.400. The average molecular weight is 460 g/mol. The van der Waals surface area contributed by atoms with Gasteiger partial charge in [-0.1, -0.05) is 17.7 Å². The number of aliphatic hydroxyl groups excluding tert-OH is 1. The van der Waals surface area contributed by atoms with Crippen molar-refractivity contribution in [2.45, 2.75) is 6.04 Å². The molecule has 32 heavy (non-hydrogen) atoms. The van der Waals surface area contributed by atoms with Gasteiger partial charge in [-0.05, 0) is 35.9 Å². The summed E-state index contributed by atoms with van der Waals surface area (Å²) in [6.07, 6.45) is 0. The van der Waals surface area contributed by atoms with Gasteiger partial charge in [0, 0.05) is 19.2 Å². The fourth-order valence-corrected chi connectivity index (χ4v) is 4.04. The molecule has 0 radical (unpaired) electrons. The molecule has 1 unspecified atom stereocenters. The lowest BCUT2D eigenvalue weighted by molar-refractivity contribution is -0.140. The third-order valence-corrected chi connectivity index (χ3v) is 5.72.